The lowest BCUT2D eigenvalue weighted by Crippen LogP contribution is -1.94. The number of hydrogen-bond acceptors (Lipinski definition) is 4. The van der Waals surface area contributed by atoms with Crippen LogP contribution in [0.1, 0.15) is 5.56 Å². The first-order chi connectivity index (χ1) is 9.24. The molecule has 1 aromatic heterocycles. The van der Waals surface area contributed by atoms with Gasteiger partial charge in [0.25, 0.3) is 0 Å². The molecule has 19 heavy (non-hydrogen) atoms. The molecule has 94 valence electrons. The van der Waals surface area contributed by atoms with E-state index in [2.05, 4.69) is 10.2 Å². The average Bonchev–Trinajstić information content (AvgIpc) is 2.42. The minimum atomic E-state index is 0.612. The van der Waals surface area contributed by atoms with Crippen LogP contribution in [0, 0.1) is 6.92 Å². The zero-order valence-electron chi connectivity index (χ0n) is 10.5. The largest absolute Gasteiger partial charge is 0.453 e. The molecule has 0 saturated heterocycles. The average molecular weight is 251 g/mol. The van der Waals surface area contributed by atoms with Crippen LogP contribution in [0.5, 0.6) is 11.5 Å². The summed E-state index contributed by atoms with van der Waals surface area (Å²) in [5, 5.41) is 8.91. The summed E-state index contributed by atoms with van der Waals surface area (Å²) in [5.74, 6) is 1.28. The molecule has 0 aliphatic rings. The van der Waals surface area contributed by atoms with Crippen molar-refractivity contribution < 1.29 is 4.74 Å². The highest BCUT2D eigenvalue weighted by atomic mass is 16.5. The van der Waals surface area contributed by atoms with Crippen molar-refractivity contribution in [3.05, 3.63) is 54.2 Å². The summed E-state index contributed by atoms with van der Waals surface area (Å²) in [6.07, 6.45) is 1.60. The zero-order valence-corrected chi connectivity index (χ0v) is 10.5. The highest BCUT2D eigenvalue weighted by molar-refractivity contribution is 5.84. The summed E-state index contributed by atoms with van der Waals surface area (Å²) >= 11 is 0. The molecule has 0 saturated carbocycles. The zero-order chi connectivity index (χ0) is 13.2. The minimum absolute atomic E-state index is 0.612. The molecule has 0 fully saturated rings. The first-order valence-electron chi connectivity index (χ1n) is 5.98. The van der Waals surface area contributed by atoms with Crippen LogP contribution >= 0.6 is 0 Å². The molecule has 0 aliphatic carbocycles. The summed E-state index contributed by atoms with van der Waals surface area (Å²) in [5.41, 5.74) is 8.46. The summed E-state index contributed by atoms with van der Waals surface area (Å²) in [6, 6.07) is 13.4. The Balaban J connectivity index is 2.06. The molecule has 0 aliphatic heterocycles. The van der Waals surface area contributed by atoms with Gasteiger partial charge in [0, 0.05) is 5.39 Å². The normalized spacial score (nSPS) is 10.6. The Kier molecular flexibility index (Phi) is 2.76. The van der Waals surface area contributed by atoms with Gasteiger partial charge in [0.2, 0.25) is 0 Å². The molecule has 4 heteroatoms. The second kappa shape index (κ2) is 4.57. The van der Waals surface area contributed by atoms with Crippen LogP contribution in [0.15, 0.2) is 48.7 Å². The molecule has 0 bridgehead atoms. The maximum absolute atomic E-state index is 5.95. The van der Waals surface area contributed by atoms with E-state index in [1.807, 2.05) is 49.4 Å². The summed E-state index contributed by atoms with van der Waals surface area (Å²) in [4.78, 5) is 0. The first-order valence-corrected chi connectivity index (χ1v) is 5.98. The van der Waals surface area contributed by atoms with Crippen LogP contribution in [0.25, 0.3) is 10.9 Å². The number of nitrogens with zero attached hydrogens (tertiary/aromatic N) is 2. The molecule has 0 unspecified atom stereocenters. The Morgan fingerprint density at radius 3 is 2.74 bits per heavy atom. The Morgan fingerprint density at radius 2 is 1.89 bits per heavy atom. The van der Waals surface area contributed by atoms with E-state index in [1.165, 1.54) is 0 Å². The fourth-order valence-electron chi connectivity index (χ4n) is 1.94. The van der Waals surface area contributed by atoms with Gasteiger partial charge in [-0.15, -0.1) is 0 Å². The number of anilines is 1. The summed E-state index contributed by atoms with van der Waals surface area (Å²) in [6.45, 7) is 1.99. The van der Waals surface area contributed by atoms with Crippen molar-refractivity contribution in [2.24, 2.45) is 0 Å². The van der Waals surface area contributed by atoms with Gasteiger partial charge >= 0.3 is 0 Å². The lowest BCUT2D eigenvalue weighted by atomic mass is 10.2. The van der Waals surface area contributed by atoms with Crippen LogP contribution in [-0.2, 0) is 0 Å². The third kappa shape index (κ3) is 2.20. The predicted octanol–water partition coefficient (Wildman–Crippen LogP) is 3.31. The monoisotopic (exact) mass is 251 g/mol. The smallest absolute Gasteiger partial charge is 0.157 e. The number of fused-ring (bicyclic) bond motifs is 1. The van der Waals surface area contributed by atoms with Crippen LogP contribution < -0.4 is 10.5 Å². The van der Waals surface area contributed by atoms with Crippen molar-refractivity contribution in [1.29, 1.82) is 0 Å². The van der Waals surface area contributed by atoms with Crippen LogP contribution in [0.2, 0.25) is 0 Å². The quantitative estimate of drug-likeness (QED) is 0.710. The van der Waals surface area contributed by atoms with Gasteiger partial charge in [-0.1, -0.05) is 18.2 Å². The van der Waals surface area contributed by atoms with Gasteiger partial charge in [-0.2, -0.15) is 10.2 Å². The number of benzene rings is 2. The van der Waals surface area contributed by atoms with E-state index in [-0.39, 0.29) is 0 Å². The topological polar surface area (TPSA) is 61.0 Å². The molecule has 2 N–H and O–H groups in total. The molecule has 0 amide bonds. The van der Waals surface area contributed by atoms with E-state index in [0.29, 0.717) is 17.2 Å². The lowest BCUT2D eigenvalue weighted by molar-refractivity contribution is 0.487. The highest BCUT2D eigenvalue weighted by Crippen LogP contribution is 2.31. The number of nitrogens with two attached hydrogens (primary N) is 1. The summed E-state index contributed by atoms with van der Waals surface area (Å²) in [7, 11) is 0. The van der Waals surface area contributed by atoms with Crippen LogP contribution in [-0.4, -0.2) is 10.2 Å². The van der Waals surface area contributed by atoms with Crippen molar-refractivity contribution in [2.75, 3.05) is 5.73 Å². The molecular weight excluding hydrogens is 238 g/mol. The fraction of sp³-hybridized carbons (Fsp3) is 0.0667. The van der Waals surface area contributed by atoms with Crippen molar-refractivity contribution in [2.45, 2.75) is 6.92 Å². The van der Waals surface area contributed by atoms with Gasteiger partial charge in [-0.3, -0.25) is 0 Å². The number of aryl methyl sites for hydroxylation is 1. The summed E-state index contributed by atoms with van der Waals surface area (Å²) < 4.78 is 5.85. The standard InChI is InChI=1S/C15H13N3O/c1-10-6-7-14(12(16)8-10)19-15-9-17-18-13-5-3-2-4-11(13)15/h2-9H,16H2,1H3. The second-order valence-corrected chi connectivity index (χ2v) is 4.37. The van der Waals surface area contributed by atoms with Gasteiger partial charge in [0.15, 0.2) is 5.75 Å². The van der Waals surface area contributed by atoms with Crippen molar-refractivity contribution in [3.63, 3.8) is 0 Å². The molecule has 4 nitrogen and oxygen atoms in total. The van der Waals surface area contributed by atoms with Gasteiger partial charge in [-0.25, -0.2) is 0 Å². The Morgan fingerprint density at radius 1 is 1.05 bits per heavy atom. The van der Waals surface area contributed by atoms with Gasteiger partial charge in [0.1, 0.15) is 5.75 Å². The maximum Gasteiger partial charge on any atom is 0.157 e. The van der Waals surface area contributed by atoms with E-state index >= 15 is 0 Å². The molecule has 2 aromatic carbocycles. The van der Waals surface area contributed by atoms with Gasteiger partial charge in [-0.05, 0) is 36.8 Å². The van der Waals surface area contributed by atoms with E-state index < -0.39 is 0 Å². The van der Waals surface area contributed by atoms with Crippen molar-refractivity contribution in [1.82, 2.24) is 10.2 Å². The maximum atomic E-state index is 5.95. The Labute approximate surface area is 110 Å². The number of hydrogen-bond donors (Lipinski definition) is 1. The molecule has 0 radical (unpaired) electrons. The van der Waals surface area contributed by atoms with Crippen molar-refractivity contribution >= 4 is 16.6 Å². The molecule has 1 heterocycles. The van der Waals surface area contributed by atoms with Crippen LogP contribution in [0.3, 0.4) is 0 Å². The number of aromatic nitrogens is 2. The van der Waals surface area contributed by atoms with E-state index in [9.17, 15) is 0 Å². The second-order valence-electron chi connectivity index (χ2n) is 4.37. The van der Waals surface area contributed by atoms with E-state index in [0.717, 1.165) is 16.5 Å². The fourth-order valence-corrected chi connectivity index (χ4v) is 1.94. The third-order valence-electron chi connectivity index (χ3n) is 2.90. The number of ether oxygens (including phenoxy) is 1. The Bertz CT molecular complexity index is 735. The molecule has 3 rings (SSSR count). The first kappa shape index (κ1) is 11.5. The van der Waals surface area contributed by atoms with Gasteiger partial charge < -0.3 is 10.5 Å². The third-order valence-corrected chi connectivity index (χ3v) is 2.90. The van der Waals surface area contributed by atoms with E-state index in [4.69, 9.17) is 10.5 Å². The van der Waals surface area contributed by atoms with Crippen LogP contribution in [0.4, 0.5) is 5.69 Å². The SMILES string of the molecule is Cc1ccc(Oc2cnnc3ccccc23)c(N)c1. The lowest BCUT2D eigenvalue weighted by Gasteiger charge is -2.10. The predicted molar refractivity (Wildman–Crippen MR) is 75.2 cm³/mol. The van der Waals surface area contributed by atoms with Crippen molar-refractivity contribution in [3.8, 4) is 11.5 Å². The molecule has 0 atom stereocenters. The minimum Gasteiger partial charge on any atom is -0.453 e. The van der Waals surface area contributed by atoms with Gasteiger partial charge in [0.05, 0.1) is 17.4 Å². The molecular formula is C15H13N3O. The number of rotatable bonds is 2. The van der Waals surface area contributed by atoms with E-state index in [1.54, 1.807) is 6.20 Å². The highest BCUT2D eigenvalue weighted by Gasteiger charge is 2.07. The molecule has 0 spiro atoms. The number of nitrogen functional groups attached to an aromatic ring is 1. The Hall–Kier alpha value is -2.62. The molecule has 3 aromatic rings.